The molecule has 0 aliphatic rings. The van der Waals surface area contributed by atoms with Gasteiger partial charge in [0.25, 0.3) is 0 Å². The van der Waals surface area contributed by atoms with Crippen molar-refractivity contribution >= 4 is 68.2 Å². The SMILES string of the molecule is CS(=O)(=O)N(CC(=O)NCCSCc1cccc(Cl)c1)c1ccc(Cl)cc1Cl. The smallest absolute Gasteiger partial charge is 0.240 e. The summed E-state index contributed by atoms with van der Waals surface area (Å²) >= 11 is 19.5. The predicted octanol–water partition coefficient (Wildman–Crippen LogP) is 4.46. The average Bonchev–Trinajstić information content (AvgIpc) is 2.59. The molecule has 0 aliphatic heterocycles. The number of halogens is 3. The molecular formula is C18H19Cl3N2O3S2. The number of hydrogen-bond donors (Lipinski definition) is 1. The van der Waals surface area contributed by atoms with E-state index in [2.05, 4.69) is 5.32 Å². The predicted molar refractivity (Wildman–Crippen MR) is 119 cm³/mol. The first-order valence-electron chi connectivity index (χ1n) is 8.18. The lowest BCUT2D eigenvalue weighted by Crippen LogP contribution is -2.41. The quantitative estimate of drug-likeness (QED) is 0.537. The summed E-state index contributed by atoms with van der Waals surface area (Å²) in [6.07, 6.45) is 1.02. The number of carbonyl (C=O) groups excluding carboxylic acids is 1. The largest absolute Gasteiger partial charge is 0.354 e. The molecule has 0 unspecified atom stereocenters. The first kappa shape index (κ1) is 23.2. The fourth-order valence-corrected chi connectivity index (χ4v) is 4.78. The molecule has 1 amide bonds. The zero-order valence-electron chi connectivity index (χ0n) is 15.0. The number of rotatable bonds is 9. The van der Waals surface area contributed by atoms with Crippen LogP contribution in [0, 0.1) is 0 Å². The number of carbonyl (C=O) groups is 1. The normalized spacial score (nSPS) is 11.3. The fourth-order valence-electron chi connectivity index (χ4n) is 2.33. The third-order valence-electron chi connectivity index (χ3n) is 3.59. The van der Waals surface area contributed by atoms with E-state index in [1.54, 1.807) is 11.8 Å². The maximum atomic E-state index is 12.2. The van der Waals surface area contributed by atoms with Gasteiger partial charge in [-0.3, -0.25) is 9.10 Å². The second-order valence-corrected chi connectivity index (χ2v) is 10.2. The molecule has 28 heavy (non-hydrogen) atoms. The molecule has 0 spiro atoms. The maximum Gasteiger partial charge on any atom is 0.240 e. The van der Waals surface area contributed by atoms with Crippen LogP contribution in [0.3, 0.4) is 0 Å². The zero-order chi connectivity index (χ0) is 20.7. The Balaban J connectivity index is 1.86. The van der Waals surface area contributed by atoms with Crippen LogP contribution < -0.4 is 9.62 Å². The molecule has 0 fully saturated rings. The number of anilines is 1. The Labute approximate surface area is 184 Å². The molecule has 152 valence electrons. The van der Waals surface area contributed by atoms with Crippen LogP contribution in [0.2, 0.25) is 15.1 Å². The highest BCUT2D eigenvalue weighted by Gasteiger charge is 2.23. The molecule has 0 heterocycles. The summed E-state index contributed by atoms with van der Waals surface area (Å²) in [5.41, 5.74) is 1.31. The average molecular weight is 482 g/mol. The van der Waals surface area contributed by atoms with E-state index in [0.29, 0.717) is 22.3 Å². The van der Waals surface area contributed by atoms with Crippen LogP contribution in [0.1, 0.15) is 5.56 Å². The molecular weight excluding hydrogens is 463 g/mol. The second kappa shape index (κ2) is 10.6. The summed E-state index contributed by atoms with van der Waals surface area (Å²) in [7, 11) is -3.70. The van der Waals surface area contributed by atoms with Gasteiger partial charge in [-0.25, -0.2) is 8.42 Å². The van der Waals surface area contributed by atoms with E-state index in [9.17, 15) is 13.2 Å². The first-order chi connectivity index (χ1) is 13.2. The third-order valence-corrected chi connectivity index (χ3v) is 6.52. The van der Waals surface area contributed by atoms with Crippen LogP contribution in [0.5, 0.6) is 0 Å². The van der Waals surface area contributed by atoms with Crippen LogP contribution in [0.15, 0.2) is 42.5 Å². The Kier molecular flexibility index (Phi) is 8.77. The van der Waals surface area contributed by atoms with Crippen molar-refractivity contribution in [2.45, 2.75) is 5.75 Å². The van der Waals surface area contributed by atoms with Crippen LogP contribution in [0.25, 0.3) is 0 Å². The zero-order valence-corrected chi connectivity index (χ0v) is 18.9. The van der Waals surface area contributed by atoms with Crippen LogP contribution in [-0.2, 0) is 20.6 Å². The molecule has 0 saturated carbocycles. The third kappa shape index (κ3) is 7.37. The highest BCUT2D eigenvalue weighted by atomic mass is 35.5. The van der Waals surface area contributed by atoms with Crippen molar-refractivity contribution in [3.63, 3.8) is 0 Å². The summed E-state index contributed by atoms with van der Waals surface area (Å²) in [6.45, 7) is 0.0508. The van der Waals surface area contributed by atoms with Gasteiger partial charge in [0, 0.05) is 28.1 Å². The molecule has 10 heteroatoms. The molecule has 0 saturated heterocycles. The molecule has 0 radical (unpaired) electrons. The molecule has 0 aliphatic carbocycles. The van der Waals surface area contributed by atoms with Gasteiger partial charge in [0.2, 0.25) is 15.9 Å². The number of sulfonamides is 1. The number of nitrogens with zero attached hydrogens (tertiary/aromatic N) is 1. The van der Waals surface area contributed by atoms with E-state index < -0.39 is 15.9 Å². The molecule has 2 aromatic rings. The van der Waals surface area contributed by atoms with Crippen molar-refractivity contribution < 1.29 is 13.2 Å². The number of nitrogens with one attached hydrogen (secondary N) is 1. The topological polar surface area (TPSA) is 66.5 Å². The summed E-state index contributed by atoms with van der Waals surface area (Å²) in [5, 5.41) is 3.94. The van der Waals surface area contributed by atoms with E-state index in [1.165, 1.54) is 18.2 Å². The van der Waals surface area contributed by atoms with Gasteiger partial charge in [-0.1, -0.05) is 46.9 Å². The van der Waals surface area contributed by atoms with Gasteiger partial charge in [-0.2, -0.15) is 11.8 Å². The lowest BCUT2D eigenvalue weighted by molar-refractivity contribution is -0.119. The number of hydrogen-bond acceptors (Lipinski definition) is 4. The van der Waals surface area contributed by atoms with Gasteiger partial charge in [-0.05, 0) is 35.9 Å². The van der Waals surface area contributed by atoms with Crippen molar-refractivity contribution in [1.82, 2.24) is 5.32 Å². The van der Waals surface area contributed by atoms with E-state index in [-0.39, 0.29) is 17.3 Å². The van der Waals surface area contributed by atoms with Crippen LogP contribution in [0.4, 0.5) is 5.69 Å². The van der Waals surface area contributed by atoms with Gasteiger partial charge >= 0.3 is 0 Å². The molecule has 2 rings (SSSR count). The van der Waals surface area contributed by atoms with E-state index in [1.807, 2.05) is 24.3 Å². The number of thioether (sulfide) groups is 1. The molecule has 2 aromatic carbocycles. The van der Waals surface area contributed by atoms with Crippen molar-refractivity contribution in [3.8, 4) is 0 Å². The molecule has 5 nitrogen and oxygen atoms in total. The lowest BCUT2D eigenvalue weighted by Gasteiger charge is -2.23. The standard InChI is InChI=1S/C18H19Cl3N2O3S2/c1-28(25,26)23(17-6-5-15(20)10-16(17)21)11-18(24)22-7-8-27-12-13-3-2-4-14(19)9-13/h2-6,9-10H,7-8,11-12H2,1H3,(H,22,24). The van der Waals surface area contributed by atoms with Crippen LogP contribution >= 0.6 is 46.6 Å². The van der Waals surface area contributed by atoms with E-state index in [4.69, 9.17) is 34.8 Å². The Morgan fingerprint density at radius 3 is 2.46 bits per heavy atom. The highest BCUT2D eigenvalue weighted by molar-refractivity contribution is 7.98. The Hall–Kier alpha value is -1.12. The monoisotopic (exact) mass is 480 g/mol. The van der Waals surface area contributed by atoms with Gasteiger partial charge in [0.15, 0.2) is 0 Å². The molecule has 0 bridgehead atoms. The van der Waals surface area contributed by atoms with Gasteiger partial charge < -0.3 is 5.32 Å². The molecule has 1 N–H and O–H groups in total. The van der Waals surface area contributed by atoms with Crippen molar-refractivity contribution in [2.24, 2.45) is 0 Å². The molecule has 0 aromatic heterocycles. The summed E-state index contributed by atoms with van der Waals surface area (Å²) in [6, 6.07) is 12.0. The molecule has 0 atom stereocenters. The number of benzene rings is 2. The van der Waals surface area contributed by atoms with Gasteiger partial charge in [-0.15, -0.1) is 0 Å². The first-order valence-corrected chi connectivity index (χ1v) is 12.3. The minimum atomic E-state index is -3.70. The lowest BCUT2D eigenvalue weighted by atomic mass is 10.2. The summed E-state index contributed by atoms with van der Waals surface area (Å²) in [5.74, 6) is 1.03. The van der Waals surface area contributed by atoms with Gasteiger partial charge in [0.05, 0.1) is 17.0 Å². The maximum absolute atomic E-state index is 12.2. The fraction of sp³-hybridized carbons (Fsp3) is 0.278. The number of amides is 1. The van der Waals surface area contributed by atoms with Crippen molar-refractivity contribution in [3.05, 3.63) is 63.1 Å². The van der Waals surface area contributed by atoms with Gasteiger partial charge in [0.1, 0.15) is 6.54 Å². The Morgan fingerprint density at radius 2 is 1.82 bits per heavy atom. The Bertz CT molecular complexity index is 939. The van der Waals surface area contributed by atoms with Crippen molar-refractivity contribution in [2.75, 3.05) is 29.4 Å². The summed E-state index contributed by atoms with van der Waals surface area (Å²) < 4.78 is 25.2. The van der Waals surface area contributed by atoms with Crippen molar-refractivity contribution in [1.29, 1.82) is 0 Å². The second-order valence-electron chi connectivity index (χ2n) is 5.90. The summed E-state index contributed by atoms with van der Waals surface area (Å²) in [4.78, 5) is 12.2. The van der Waals surface area contributed by atoms with Crippen LogP contribution in [-0.4, -0.2) is 39.4 Å². The Morgan fingerprint density at radius 1 is 1.11 bits per heavy atom. The minimum absolute atomic E-state index is 0.155. The minimum Gasteiger partial charge on any atom is -0.354 e. The van der Waals surface area contributed by atoms with E-state index >= 15 is 0 Å². The highest BCUT2D eigenvalue weighted by Crippen LogP contribution is 2.30. The van der Waals surface area contributed by atoms with E-state index in [0.717, 1.165) is 21.9 Å².